The Bertz CT molecular complexity index is 780. The van der Waals surface area contributed by atoms with Crippen LogP contribution in [0, 0.1) is 0 Å². The summed E-state index contributed by atoms with van der Waals surface area (Å²) in [5, 5.41) is 4.05. The molecule has 1 aromatic carbocycles. The molecule has 1 aromatic heterocycles. The third-order valence-corrected chi connectivity index (χ3v) is 5.12. The van der Waals surface area contributed by atoms with Crippen LogP contribution in [0.15, 0.2) is 30.3 Å². The first-order valence-corrected chi connectivity index (χ1v) is 9.39. The molecule has 0 saturated carbocycles. The quantitative estimate of drug-likeness (QED) is 0.895. The van der Waals surface area contributed by atoms with Crippen LogP contribution in [-0.4, -0.2) is 54.2 Å². The highest BCUT2D eigenvalue weighted by molar-refractivity contribution is 6.06. The van der Waals surface area contributed by atoms with E-state index in [1.165, 1.54) is 0 Å². The maximum Gasteiger partial charge on any atom is 0.252 e. The molecular formula is C21H29N3O2. The zero-order valence-corrected chi connectivity index (χ0v) is 16.2. The molecule has 2 heterocycles. The van der Waals surface area contributed by atoms with Gasteiger partial charge in [0, 0.05) is 36.3 Å². The Morgan fingerprint density at radius 3 is 2.65 bits per heavy atom. The number of benzene rings is 1. The Balaban J connectivity index is 1.81. The molecule has 0 spiro atoms. The van der Waals surface area contributed by atoms with Gasteiger partial charge in [0.05, 0.1) is 24.3 Å². The molecule has 1 fully saturated rings. The van der Waals surface area contributed by atoms with Crippen molar-refractivity contribution in [1.29, 1.82) is 0 Å². The van der Waals surface area contributed by atoms with E-state index >= 15 is 0 Å². The molecule has 3 rings (SSSR count). The largest absolute Gasteiger partial charge is 0.379 e. The van der Waals surface area contributed by atoms with Gasteiger partial charge in [-0.1, -0.05) is 32.0 Å². The number of nitrogens with zero attached hydrogens (tertiary/aromatic N) is 2. The molecule has 1 N–H and O–H groups in total. The summed E-state index contributed by atoms with van der Waals surface area (Å²) < 4.78 is 5.44. The molecule has 1 aliphatic rings. The zero-order chi connectivity index (χ0) is 18.7. The van der Waals surface area contributed by atoms with Crippen LogP contribution in [0.5, 0.6) is 0 Å². The molecule has 0 aliphatic carbocycles. The van der Waals surface area contributed by atoms with Crippen molar-refractivity contribution in [3.05, 3.63) is 41.6 Å². The summed E-state index contributed by atoms with van der Waals surface area (Å²) in [7, 11) is 0. The lowest BCUT2D eigenvalue weighted by Crippen LogP contribution is -2.55. The van der Waals surface area contributed by atoms with E-state index in [1.54, 1.807) is 0 Å². The van der Waals surface area contributed by atoms with Gasteiger partial charge in [0.2, 0.25) is 0 Å². The van der Waals surface area contributed by atoms with Crippen LogP contribution < -0.4 is 5.32 Å². The van der Waals surface area contributed by atoms with Gasteiger partial charge in [-0.15, -0.1) is 0 Å². The first-order chi connectivity index (χ1) is 12.4. The number of aromatic nitrogens is 1. The smallest absolute Gasteiger partial charge is 0.252 e. The van der Waals surface area contributed by atoms with Crippen molar-refractivity contribution in [3.63, 3.8) is 0 Å². The highest BCUT2D eigenvalue weighted by Gasteiger charge is 2.29. The normalized spacial score (nSPS) is 16.2. The molecular weight excluding hydrogens is 326 g/mol. The fourth-order valence-electron chi connectivity index (χ4n) is 3.35. The minimum absolute atomic E-state index is 0.0353. The number of para-hydroxylation sites is 1. The van der Waals surface area contributed by atoms with Crippen LogP contribution in [0.25, 0.3) is 10.9 Å². The number of morpholine rings is 1. The summed E-state index contributed by atoms with van der Waals surface area (Å²) >= 11 is 0. The third kappa shape index (κ3) is 4.05. The molecule has 0 radical (unpaired) electrons. The van der Waals surface area contributed by atoms with E-state index in [0.29, 0.717) is 12.1 Å². The maximum atomic E-state index is 13.0. The molecule has 1 amide bonds. The molecule has 0 bridgehead atoms. The van der Waals surface area contributed by atoms with Gasteiger partial charge in [-0.3, -0.25) is 14.7 Å². The fraction of sp³-hybridized carbons (Fsp3) is 0.524. The number of rotatable bonds is 5. The number of carbonyl (C=O) groups is 1. The second-order valence-electron chi connectivity index (χ2n) is 7.86. The average Bonchev–Trinajstić information content (AvgIpc) is 2.66. The van der Waals surface area contributed by atoms with E-state index in [1.807, 2.05) is 30.3 Å². The van der Waals surface area contributed by atoms with Crippen molar-refractivity contribution in [2.45, 2.75) is 39.2 Å². The summed E-state index contributed by atoms with van der Waals surface area (Å²) in [5.41, 5.74) is 2.41. The van der Waals surface area contributed by atoms with Crippen molar-refractivity contribution in [2.24, 2.45) is 0 Å². The first-order valence-electron chi connectivity index (χ1n) is 9.39. The van der Waals surface area contributed by atoms with E-state index in [4.69, 9.17) is 9.72 Å². The van der Waals surface area contributed by atoms with Crippen LogP contribution in [-0.2, 0) is 4.74 Å². The van der Waals surface area contributed by atoms with E-state index < -0.39 is 0 Å². The van der Waals surface area contributed by atoms with Crippen LogP contribution in [0.3, 0.4) is 0 Å². The fourth-order valence-corrected chi connectivity index (χ4v) is 3.35. The summed E-state index contributed by atoms with van der Waals surface area (Å²) in [4.78, 5) is 20.1. The maximum absolute atomic E-state index is 13.0. The number of nitrogens with one attached hydrogen (secondary N) is 1. The number of hydrogen-bond donors (Lipinski definition) is 1. The van der Waals surface area contributed by atoms with Crippen molar-refractivity contribution < 1.29 is 9.53 Å². The number of carbonyl (C=O) groups excluding carboxylic acids is 1. The third-order valence-electron chi connectivity index (χ3n) is 5.12. The lowest BCUT2D eigenvalue weighted by molar-refractivity contribution is -0.00922. The van der Waals surface area contributed by atoms with Gasteiger partial charge in [0.25, 0.3) is 5.91 Å². The molecule has 26 heavy (non-hydrogen) atoms. The van der Waals surface area contributed by atoms with Crippen molar-refractivity contribution >= 4 is 16.8 Å². The van der Waals surface area contributed by atoms with E-state index in [2.05, 4.69) is 37.9 Å². The zero-order valence-electron chi connectivity index (χ0n) is 16.2. The Morgan fingerprint density at radius 2 is 1.96 bits per heavy atom. The number of ether oxygens (including phenoxy) is 1. The second kappa shape index (κ2) is 7.72. The Kier molecular flexibility index (Phi) is 5.58. The van der Waals surface area contributed by atoms with Gasteiger partial charge >= 0.3 is 0 Å². The van der Waals surface area contributed by atoms with E-state index in [0.717, 1.165) is 42.9 Å². The lowest BCUT2D eigenvalue weighted by atomic mass is 10.00. The van der Waals surface area contributed by atoms with Crippen molar-refractivity contribution in [1.82, 2.24) is 15.2 Å². The lowest BCUT2D eigenvalue weighted by Gasteiger charge is -2.40. The standard InChI is InChI=1S/C21H29N3O2/c1-15(2)19-13-17(16-7-5-6-8-18(16)23-19)20(25)22-14-21(3,4)24-9-11-26-12-10-24/h5-8,13,15H,9-12,14H2,1-4H3,(H,22,25). The van der Waals surface area contributed by atoms with Gasteiger partial charge in [-0.2, -0.15) is 0 Å². The molecule has 5 nitrogen and oxygen atoms in total. The van der Waals surface area contributed by atoms with Crippen LogP contribution in [0.1, 0.15) is 49.7 Å². The number of pyridine rings is 1. The topological polar surface area (TPSA) is 54.5 Å². The minimum atomic E-state index is -0.108. The van der Waals surface area contributed by atoms with Crippen molar-refractivity contribution in [2.75, 3.05) is 32.8 Å². The van der Waals surface area contributed by atoms with Gasteiger partial charge in [-0.25, -0.2) is 0 Å². The minimum Gasteiger partial charge on any atom is -0.379 e. The highest BCUT2D eigenvalue weighted by atomic mass is 16.5. The summed E-state index contributed by atoms with van der Waals surface area (Å²) in [6, 6.07) is 9.78. The van der Waals surface area contributed by atoms with E-state index in [9.17, 15) is 4.79 Å². The Morgan fingerprint density at radius 1 is 1.27 bits per heavy atom. The van der Waals surface area contributed by atoms with Gasteiger partial charge in [-0.05, 0) is 31.9 Å². The molecule has 1 saturated heterocycles. The van der Waals surface area contributed by atoms with Gasteiger partial charge in [0.1, 0.15) is 0 Å². The van der Waals surface area contributed by atoms with Crippen LogP contribution in [0.4, 0.5) is 0 Å². The summed E-state index contributed by atoms with van der Waals surface area (Å²) in [5.74, 6) is 0.239. The van der Waals surface area contributed by atoms with Crippen molar-refractivity contribution in [3.8, 4) is 0 Å². The Hall–Kier alpha value is -1.98. The second-order valence-corrected chi connectivity index (χ2v) is 7.86. The predicted octanol–water partition coefficient (Wildman–Crippen LogP) is 3.20. The monoisotopic (exact) mass is 355 g/mol. The molecule has 0 atom stereocenters. The predicted molar refractivity (Wildman–Crippen MR) is 105 cm³/mol. The molecule has 0 unspecified atom stereocenters. The molecule has 1 aliphatic heterocycles. The number of hydrogen-bond acceptors (Lipinski definition) is 4. The number of fused-ring (bicyclic) bond motifs is 1. The van der Waals surface area contributed by atoms with E-state index in [-0.39, 0.29) is 17.4 Å². The summed E-state index contributed by atoms with van der Waals surface area (Å²) in [6.07, 6.45) is 0. The first kappa shape index (κ1) is 18.8. The molecule has 2 aromatic rings. The number of amides is 1. The van der Waals surface area contributed by atoms with Crippen LogP contribution >= 0.6 is 0 Å². The van der Waals surface area contributed by atoms with Gasteiger partial charge < -0.3 is 10.1 Å². The highest BCUT2D eigenvalue weighted by Crippen LogP contribution is 2.23. The van der Waals surface area contributed by atoms with Crippen LogP contribution in [0.2, 0.25) is 0 Å². The Labute approximate surface area is 155 Å². The SMILES string of the molecule is CC(C)c1cc(C(=O)NCC(C)(C)N2CCOCC2)c2ccccc2n1. The van der Waals surface area contributed by atoms with Gasteiger partial charge in [0.15, 0.2) is 0 Å². The molecule has 5 heteroatoms. The average molecular weight is 355 g/mol. The molecule has 140 valence electrons. The summed E-state index contributed by atoms with van der Waals surface area (Å²) in [6.45, 7) is 12.4.